The van der Waals surface area contributed by atoms with Gasteiger partial charge in [0, 0.05) is 5.02 Å². The van der Waals surface area contributed by atoms with Gasteiger partial charge in [-0.2, -0.15) is 0 Å². The van der Waals surface area contributed by atoms with Gasteiger partial charge in [-0.05, 0) is 75.6 Å². The molecule has 3 heteroatoms. The molecule has 1 aromatic rings. The monoisotopic (exact) mass is 310 g/mol. The number of benzene rings is 1. The number of quaternary nitrogens is 1. The second-order valence-corrected chi connectivity index (χ2v) is 6.77. The van der Waals surface area contributed by atoms with Crippen molar-refractivity contribution in [3.05, 3.63) is 28.3 Å². The maximum absolute atomic E-state index is 6.04. The smallest absolute Gasteiger partial charge is 0.125 e. The summed E-state index contributed by atoms with van der Waals surface area (Å²) in [6.07, 6.45) is 8.04. The third kappa shape index (κ3) is 5.52. The number of nitrogens with one attached hydrogen (secondary N) is 1. The summed E-state index contributed by atoms with van der Waals surface area (Å²) in [6.45, 7) is 9.07. The van der Waals surface area contributed by atoms with Crippen LogP contribution in [0.15, 0.2) is 12.1 Å². The SMILES string of the molecule is Cc1cc(Cl)cc(C)c1OCCCCC[NH+]1CCCCC1. The van der Waals surface area contributed by atoms with Crippen molar-refractivity contribution < 1.29 is 9.64 Å². The quantitative estimate of drug-likeness (QED) is 0.760. The van der Waals surface area contributed by atoms with Crippen molar-refractivity contribution in [3.63, 3.8) is 0 Å². The molecule has 0 amide bonds. The van der Waals surface area contributed by atoms with E-state index in [2.05, 4.69) is 13.8 Å². The van der Waals surface area contributed by atoms with Gasteiger partial charge in [0.05, 0.1) is 26.2 Å². The third-order valence-electron chi connectivity index (χ3n) is 4.41. The standard InChI is InChI=1S/C18H28ClNO/c1-15-13-17(19)14-16(2)18(15)21-12-8-4-7-11-20-9-5-3-6-10-20/h13-14H,3-12H2,1-2H3/p+1. The van der Waals surface area contributed by atoms with Crippen molar-refractivity contribution >= 4 is 11.6 Å². The third-order valence-corrected chi connectivity index (χ3v) is 4.63. The van der Waals surface area contributed by atoms with E-state index in [1.165, 1.54) is 51.7 Å². The van der Waals surface area contributed by atoms with E-state index in [1.54, 1.807) is 0 Å². The lowest BCUT2D eigenvalue weighted by molar-refractivity contribution is -0.905. The predicted octanol–water partition coefficient (Wildman–Crippen LogP) is 3.57. The van der Waals surface area contributed by atoms with E-state index in [-0.39, 0.29) is 0 Å². The highest BCUT2D eigenvalue weighted by molar-refractivity contribution is 6.30. The summed E-state index contributed by atoms with van der Waals surface area (Å²) >= 11 is 6.04. The first-order valence-electron chi connectivity index (χ1n) is 8.40. The fourth-order valence-electron chi connectivity index (χ4n) is 3.25. The number of halogens is 1. The molecule has 1 heterocycles. The molecule has 21 heavy (non-hydrogen) atoms. The van der Waals surface area contributed by atoms with Gasteiger partial charge in [-0.15, -0.1) is 0 Å². The zero-order valence-corrected chi connectivity index (χ0v) is 14.3. The lowest BCUT2D eigenvalue weighted by Crippen LogP contribution is -3.12. The molecule has 0 saturated carbocycles. The lowest BCUT2D eigenvalue weighted by Gasteiger charge is -2.23. The van der Waals surface area contributed by atoms with Gasteiger partial charge in [0.2, 0.25) is 0 Å². The maximum atomic E-state index is 6.04. The Morgan fingerprint density at radius 2 is 1.67 bits per heavy atom. The molecule has 1 aromatic carbocycles. The van der Waals surface area contributed by atoms with Crippen LogP contribution in [0.1, 0.15) is 49.7 Å². The molecule has 0 aromatic heterocycles. The van der Waals surface area contributed by atoms with E-state index < -0.39 is 0 Å². The molecule has 1 aliphatic rings. The number of hydrogen-bond donors (Lipinski definition) is 1. The van der Waals surface area contributed by atoms with Crippen molar-refractivity contribution in [2.45, 2.75) is 52.4 Å². The Hall–Kier alpha value is -0.730. The largest absolute Gasteiger partial charge is 0.493 e. The molecule has 118 valence electrons. The average Bonchev–Trinajstić information content (AvgIpc) is 2.45. The summed E-state index contributed by atoms with van der Waals surface area (Å²) in [5, 5.41) is 0.793. The van der Waals surface area contributed by atoms with Gasteiger partial charge in [0.1, 0.15) is 5.75 Å². The molecule has 1 fully saturated rings. The van der Waals surface area contributed by atoms with Crippen molar-refractivity contribution in [2.75, 3.05) is 26.2 Å². The lowest BCUT2D eigenvalue weighted by atomic mass is 10.1. The van der Waals surface area contributed by atoms with E-state index in [0.29, 0.717) is 0 Å². The van der Waals surface area contributed by atoms with Crippen LogP contribution in [0.3, 0.4) is 0 Å². The first-order chi connectivity index (χ1) is 10.2. The highest BCUT2D eigenvalue weighted by atomic mass is 35.5. The molecular weight excluding hydrogens is 282 g/mol. The minimum atomic E-state index is 0.793. The molecule has 0 spiro atoms. The summed E-state index contributed by atoms with van der Waals surface area (Å²) in [6, 6.07) is 3.95. The Kier molecular flexibility index (Phi) is 6.85. The molecule has 0 unspecified atom stereocenters. The normalized spacial score (nSPS) is 16.1. The fourth-order valence-corrected chi connectivity index (χ4v) is 3.58. The number of rotatable bonds is 7. The maximum Gasteiger partial charge on any atom is 0.125 e. The number of hydrogen-bond acceptors (Lipinski definition) is 1. The van der Waals surface area contributed by atoms with Gasteiger partial charge < -0.3 is 9.64 Å². The van der Waals surface area contributed by atoms with Crippen LogP contribution >= 0.6 is 11.6 Å². The van der Waals surface area contributed by atoms with E-state index in [4.69, 9.17) is 16.3 Å². The molecule has 1 N–H and O–H groups in total. The Bertz CT molecular complexity index is 418. The number of piperidine rings is 1. The number of aryl methyl sites for hydroxylation is 2. The Morgan fingerprint density at radius 1 is 1.00 bits per heavy atom. The Balaban J connectivity index is 1.61. The van der Waals surface area contributed by atoms with Crippen LogP contribution in [-0.2, 0) is 0 Å². The highest BCUT2D eigenvalue weighted by Gasteiger charge is 2.12. The van der Waals surface area contributed by atoms with E-state index in [0.717, 1.165) is 34.9 Å². The van der Waals surface area contributed by atoms with Crippen LogP contribution in [0.25, 0.3) is 0 Å². The topological polar surface area (TPSA) is 13.7 Å². The van der Waals surface area contributed by atoms with Crippen LogP contribution < -0.4 is 9.64 Å². The van der Waals surface area contributed by atoms with Crippen molar-refractivity contribution in [1.29, 1.82) is 0 Å². The van der Waals surface area contributed by atoms with Crippen LogP contribution in [0.2, 0.25) is 5.02 Å². The Labute approximate surface area is 134 Å². The molecular formula is C18H29ClNO+. The second-order valence-electron chi connectivity index (χ2n) is 6.34. The molecule has 2 rings (SSSR count). The zero-order chi connectivity index (χ0) is 15.1. The highest BCUT2D eigenvalue weighted by Crippen LogP contribution is 2.27. The minimum Gasteiger partial charge on any atom is -0.493 e. The van der Waals surface area contributed by atoms with Crippen LogP contribution in [-0.4, -0.2) is 26.2 Å². The van der Waals surface area contributed by atoms with Crippen LogP contribution in [0.4, 0.5) is 0 Å². The number of likely N-dealkylation sites (tertiary alicyclic amines) is 1. The first kappa shape index (κ1) is 16.6. The predicted molar refractivity (Wildman–Crippen MR) is 89.7 cm³/mol. The molecule has 1 saturated heterocycles. The van der Waals surface area contributed by atoms with Gasteiger partial charge >= 0.3 is 0 Å². The zero-order valence-electron chi connectivity index (χ0n) is 13.5. The van der Waals surface area contributed by atoms with E-state index in [1.807, 2.05) is 17.0 Å². The molecule has 0 aliphatic carbocycles. The summed E-state index contributed by atoms with van der Waals surface area (Å²) in [4.78, 5) is 1.81. The summed E-state index contributed by atoms with van der Waals surface area (Å²) in [5.41, 5.74) is 2.27. The first-order valence-corrected chi connectivity index (χ1v) is 8.78. The molecule has 1 aliphatic heterocycles. The number of unbranched alkanes of at least 4 members (excludes halogenated alkanes) is 2. The molecule has 0 radical (unpaired) electrons. The van der Waals surface area contributed by atoms with Crippen molar-refractivity contribution in [3.8, 4) is 5.75 Å². The van der Waals surface area contributed by atoms with Crippen LogP contribution in [0, 0.1) is 13.8 Å². The van der Waals surface area contributed by atoms with Gasteiger partial charge in [-0.1, -0.05) is 11.6 Å². The van der Waals surface area contributed by atoms with E-state index >= 15 is 0 Å². The summed E-state index contributed by atoms with van der Waals surface area (Å²) < 4.78 is 5.95. The van der Waals surface area contributed by atoms with Gasteiger partial charge in [-0.3, -0.25) is 0 Å². The fraction of sp³-hybridized carbons (Fsp3) is 0.667. The molecule has 2 nitrogen and oxygen atoms in total. The van der Waals surface area contributed by atoms with E-state index in [9.17, 15) is 0 Å². The molecule has 0 atom stereocenters. The Morgan fingerprint density at radius 3 is 2.33 bits per heavy atom. The van der Waals surface area contributed by atoms with Crippen molar-refractivity contribution in [2.24, 2.45) is 0 Å². The molecule has 0 bridgehead atoms. The minimum absolute atomic E-state index is 0.793. The van der Waals surface area contributed by atoms with Gasteiger partial charge in [0.25, 0.3) is 0 Å². The number of ether oxygens (including phenoxy) is 1. The average molecular weight is 311 g/mol. The van der Waals surface area contributed by atoms with Gasteiger partial charge in [0.15, 0.2) is 0 Å². The van der Waals surface area contributed by atoms with Gasteiger partial charge in [-0.25, -0.2) is 0 Å². The summed E-state index contributed by atoms with van der Waals surface area (Å²) in [7, 11) is 0. The second kappa shape index (κ2) is 8.65. The summed E-state index contributed by atoms with van der Waals surface area (Å²) in [5.74, 6) is 1.01. The van der Waals surface area contributed by atoms with Crippen molar-refractivity contribution in [1.82, 2.24) is 0 Å². The van der Waals surface area contributed by atoms with Crippen LogP contribution in [0.5, 0.6) is 5.75 Å².